The number of hydrogen-bond acceptors (Lipinski definition) is 5. The molecule has 0 radical (unpaired) electrons. The Morgan fingerprint density at radius 2 is 2.08 bits per heavy atom. The molecule has 1 aliphatic rings. The zero-order chi connectivity index (χ0) is 17.5. The van der Waals surface area contributed by atoms with Gasteiger partial charge in [-0.05, 0) is 17.7 Å². The summed E-state index contributed by atoms with van der Waals surface area (Å²) in [5, 5.41) is 9.04. The molecule has 0 bridgehead atoms. The van der Waals surface area contributed by atoms with Crippen LogP contribution >= 0.6 is 11.8 Å². The molecule has 3 rings (SSSR count). The van der Waals surface area contributed by atoms with Crippen molar-refractivity contribution in [1.82, 2.24) is 16.0 Å². The summed E-state index contributed by atoms with van der Waals surface area (Å²) in [6.45, 7) is 0.358. The van der Waals surface area contributed by atoms with E-state index in [9.17, 15) is 9.59 Å². The van der Waals surface area contributed by atoms with E-state index in [-0.39, 0.29) is 29.8 Å². The van der Waals surface area contributed by atoms with Gasteiger partial charge in [0.2, 0.25) is 11.8 Å². The maximum Gasteiger partial charge on any atom is 0.223 e. The van der Waals surface area contributed by atoms with Crippen LogP contribution in [0, 0.1) is 0 Å². The molecule has 25 heavy (non-hydrogen) atoms. The van der Waals surface area contributed by atoms with Gasteiger partial charge in [0.05, 0.1) is 12.8 Å². The summed E-state index contributed by atoms with van der Waals surface area (Å²) in [5.41, 5.74) is 1.01. The molecule has 2 atom stereocenters. The lowest BCUT2D eigenvalue weighted by molar-refractivity contribution is -0.125. The molecular formula is C18H21N3O3S. The fraction of sp³-hybridized carbons (Fsp3) is 0.333. The molecule has 2 aromatic rings. The minimum atomic E-state index is -0.190. The summed E-state index contributed by atoms with van der Waals surface area (Å²) < 4.78 is 5.18. The van der Waals surface area contributed by atoms with Crippen LogP contribution in [0.5, 0.6) is 0 Å². The van der Waals surface area contributed by atoms with Gasteiger partial charge in [0.1, 0.15) is 11.3 Å². The number of rotatable bonds is 7. The van der Waals surface area contributed by atoms with Crippen LogP contribution in [0.2, 0.25) is 0 Å². The maximum atomic E-state index is 12.1. The predicted molar refractivity (Wildman–Crippen MR) is 96.4 cm³/mol. The Hall–Kier alpha value is -2.25. The van der Waals surface area contributed by atoms with Crippen LogP contribution in [0.1, 0.15) is 24.2 Å². The van der Waals surface area contributed by atoms with E-state index in [1.165, 1.54) is 5.56 Å². The molecule has 0 saturated carbocycles. The molecule has 1 saturated heterocycles. The molecule has 132 valence electrons. The predicted octanol–water partition coefficient (Wildman–Crippen LogP) is 1.98. The van der Waals surface area contributed by atoms with Crippen molar-refractivity contribution in [2.24, 2.45) is 0 Å². The Bertz CT molecular complexity index is 691. The van der Waals surface area contributed by atoms with Crippen LogP contribution in [0.25, 0.3) is 0 Å². The highest BCUT2D eigenvalue weighted by molar-refractivity contribution is 7.99. The lowest BCUT2D eigenvalue weighted by Crippen LogP contribution is -2.55. The van der Waals surface area contributed by atoms with Crippen LogP contribution in [0.3, 0.4) is 0 Å². The number of carbonyl (C=O) groups excluding carboxylic acids is 2. The molecule has 1 aromatic carbocycles. The van der Waals surface area contributed by atoms with Gasteiger partial charge in [0, 0.05) is 24.6 Å². The molecule has 1 aromatic heterocycles. The SMILES string of the molecule is O=C(CC1CC(=O)NC(SCc2ccccc2)N1)NCc1ccco1. The van der Waals surface area contributed by atoms with E-state index in [0.717, 1.165) is 5.75 Å². The van der Waals surface area contributed by atoms with Crippen LogP contribution in [-0.2, 0) is 21.9 Å². The number of hydrogen-bond donors (Lipinski definition) is 3. The third-order valence-electron chi connectivity index (χ3n) is 3.84. The van der Waals surface area contributed by atoms with Crippen LogP contribution in [0.4, 0.5) is 0 Å². The normalized spacial score (nSPS) is 20.1. The molecule has 6 nitrogen and oxygen atoms in total. The third-order valence-corrected chi connectivity index (χ3v) is 4.93. The van der Waals surface area contributed by atoms with Crippen molar-refractivity contribution < 1.29 is 14.0 Å². The van der Waals surface area contributed by atoms with E-state index in [0.29, 0.717) is 18.7 Å². The van der Waals surface area contributed by atoms with E-state index in [4.69, 9.17) is 4.42 Å². The Morgan fingerprint density at radius 3 is 2.84 bits per heavy atom. The average molecular weight is 359 g/mol. The highest BCUT2D eigenvalue weighted by Gasteiger charge is 2.27. The minimum absolute atomic E-state index is 0.0341. The van der Waals surface area contributed by atoms with E-state index in [2.05, 4.69) is 28.1 Å². The highest BCUT2D eigenvalue weighted by atomic mass is 32.2. The number of furan rings is 1. The molecule has 0 spiro atoms. The monoisotopic (exact) mass is 359 g/mol. The summed E-state index contributed by atoms with van der Waals surface area (Å²) >= 11 is 1.61. The fourth-order valence-electron chi connectivity index (χ4n) is 2.61. The lowest BCUT2D eigenvalue weighted by atomic mass is 10.1. The summed E-state index contributed by atoms with van der Waals surface area (Å²) in [5.74, 6) is 1.36. The highest BCUT2D eigenvalue weighted by Crippen LogP contribution is 2.18. The van der Waals surface area contributed by atoms with Gasteiger partial charge in [-0.2, -0.15) is 0 Å². The summed E-state index contributed by atoms with van der Waals surface area (Å²) in [7, 11) is 0. The fourth-order valence-corrected chi connectivity index (χ4v) is 3.67. The Balaban J connectivity index is 1.45. The van der Waals surface area contributed by atoms with E-state index in [1.807, 2.05) is 24.3 Å². The van der Waals surface area contributed by atoms with Gasteiger partial charge >= 0.3 is 0 Å². The Labute approximate surface area is 150 Å². The number of thioether (sulfide) groups is 1. The first-order valence-corrected chi connectivity index (χ1v) is 9.24. The number of nitrogens with one attached hydrogen (secondary N) is 3. The van der Waals surface area contributed by atoms with Gasteiger partial charge in [0.15, 0.2) is 0 Å². The zero-order valence-electron chi connectivity index (χ0n) is 13.7. The molecule has 3 N–H and O–H groups in total. The zero-order valence-corrected chi connectivity index (χ0v) is 14.6. The average Bonchev–Trinajstić information content (AvgIpc) is 3.12. The summed E-state index contributed by atoms with van der Waals surface area (Å²) in [6, 6.07) is 13.5. The molecule has 7 heteroatoms. The van der Waals surface area contributed by atoms with Gasteiger partial charge in [-0.3, -0.25) is 14.9 Å². The second-order valence-corrected chi connectivity index (χ2v) is 6.97. The van der Waals surface area contributed by atoms with Crippen molar-refractivity contribution in [2.45, 2.75) is 36.7 Å². The van der Waals surface area contributed by atoms with Crippen molar-refractivity contribution in [3.8, 4) is 0 Å². The molecule has 1 fully saturated rings. The Kier molecular flexibility index (Phi) is 6.14. The number of carbonyl (C=O) groups is 2. The van der Waals surface area contributed by atoms with Gasteiger partial charge in [-0.25, -0.2) is 0 Å². The van der Waals surface area contributed by atoms with E-state index in [1.54, 1.807) is 24.1 Å². The Morgan fingerprint density at radius 1 is 1.24 bits per heavy atom. The molecule has 1 aliphatic heterocycles. The van der Waals surface area contributed by atoms with Crippen molar-refractivity contribution in [1.29, 1.82) is 0 Å². The quantitative estimate of drug-likeness (QED) is 0.704. The van der Waals surface area contributed by atoms with Gasteiger partial charge in [-0.1, -0.05) is 30.3 Å². The van der Waals surface area contributed by atoms with E-state index >= 15 is 0 Å². The molecule has 2 amide bonds. The second-order valence-electron chi connectivity index (χ2n) is 5.87. The lowest BCUT2D eigenvalue weighted by Gasteiger charge is -2.30. The van der Waals surface area contributed by atoms with Gasteiger partial charge < -0.3 is 15.1 Å². The third kappa shape index (κ3) is 5.65. The first-order chi connectivity index (χ1) is 12.2. The van der Waals surface area contributed by atoms with E-state index < -0.39 is 0 Å². The van der Waals surface area contributed by atoms with Crippen LogP contribution < -0.4 is 16.0 Å². The molecule has 2 unspecified atom stereocenters. The molecular weight excluding hydrogens is 338 g/mol. The molecule has 2 heterocycles. The van der Waals surface area contributed by atoms with Crippen LogP contribution in [0.15, 0.2) is 53.1 Å². The van der Waals surface area contributed by atoms with Crippen molar-refractivity contribution in [2.75, 3.05) is 0 Å². The first kappa shape index (κ1) is 17.6. The van der Waals surface area contributed by atoms with Crippen molar-refractivity contribution >= 4 is 23.6 Å². The standard InChI is InChI=1S/C18H21N3O3S/c22-16(19-11-15-7-4-8-24-15)9-14-10-17(23)21-18(20-14)25-12-13-5-2-1-3-6-13/h1-8,14,18,20H,9-12H2,(H,19,22)(H,21,23). The minimum Gasteiger partial charge on any atom is -0.467 e. The second kappa shape index (κ2) is 8.73. The first-order valence-electron chi connectivity index (χ1n) is 8.19. The summed E-state index contributed by atoms with van der Waals surface area (Å²) in [6.07, 6.45) is 2.14. The maximum absolute atomic E-state index is 12.1. The summed E-state index contributed by atoms with van der Waals surface area (Å²) in [4.78, 5) is 24.0. The van der Waals surface area contributed by atoms with Gasteiger partial charge in [0.25, 0.3) is 0 Å². The van der Waals surface area contributed by atoms with Gasteiger partial charge in [-0.15, -0.1) is 11.8 Å². The van der Waals surface area contributed by atoms with Crippen molar-refractivity contribution in [3.63, 3.8) is 0 Å². The van der Waals surface area contributed by atoms with Crippen molar-refractivity contribution in [3.05, 3.63) is 60.1 Å². The van der Waals surface area contributed by atoms with Crippen LogP contribution in [-0.4, -0.2) is 23.4 Å². The topological polar surface area (TPSA) is 83.4 Å². The smallest absolute Gasteiger partial charge is 0.223 e. The molecule has 0 aliphatic carbocycles. The largest absolute Gasteiger partial charge is 0.467 e. The number of benzene rings is 1. The number of amides is 2.